The third-order valence-electron chi connectivity index (χ3n) is 3.15. The second-order valence-corrected chi connectivity index (χ2v) is 4.86. The Morgan fingerprint density at radius 3 is 2.79 bits per heavy atom. The van der Waals surface area contributed by atoms with Gasteiger partial charge in [0.2, 0.25) is 0 Å². The van der Waals surface area contributed by atoms with E-state index in [0.717, 1.165) is 31.5 Å². The van der Waals surface area contributed by atoms with E-state index in [4.69, 9.17) is 11.6 Å². The van der Waals surface area contributed by atoms with Crippen LogP contribution in [0.2, 0.25) is 0 Å². The van der Waals surface area contributed by atoms with Crippen LogP contribution in [0, 0.1) is 11.8 Å². The molecule has 0 amide bonds. The van der Waals surface area contributed by atoms with E-state index in [-0.39, 0.29) is 6.10 Å². The fourth-order valence-electron chi connectivity index (χ4n) is 2.38. The van der Waals surface area contributed by atoms with Gasteiger partial charge < -0.3 is 10.0 Å². The molecule has 0 aromatic heterocycles. The first-order valence-corrected chi connectivity index (χ1v) is 6.17. The van der Waals surface area contributed by atoms with Crippen LogP contribution in [0.1, 0.15) is 26.7 Å². The number of nitrogens with zero attached hydrogens (tertiary/aromatic N) is 1. The Morgan fingerprint density at radius 1 is 1.50 bits per heavy atom. The van der Waals surface area contributed by atoms with Crippen LogP contribution in [0.4, 0.5) is 0 Å². The number of aliphatic hydroxyl groups excluding tert-OH is 1. The molecule has 3 heteroatoms. The largest absolute Gasteiger partial charge is 0.391 e. The smallest absolute Gasteiger partial charge is 0.0802 e. The number of hydrogen-bond acceptors (Lipinski definition) is 2. The van der Waals surface area contributed by atoms with E-state index in [0.29, 0.717) is 5.88 Å². The summed E-state index contributed by atoms with van der Waals surface area (Å²) in [5.41, 5.74) is 0. The third-order valence-corrected chi connectivity index (χ3v) is 3.51. The van der Waals surface area contributed by atoms with E-state index in [1.165, 1.54) is 12.8 Å². The molecule has 1 aliphatic rings. The highest BCUT2D eigenvalue weighted by atomic mass is 35.5. The molecule has 1 saturated heterocycles. The van der Waals surface area contributed by atoms with E-state index >= 15 is 0 Å². The van der Waals surface area contributed by atoms with E-state index < -0.39 is 0 Å². The van der Waals surface area contributed by atoms with Gasteiger partial charge in [-0.3, -0.25) is 0 Å². The molecule has 14 heavy (non-hydrogen) atoms. The van der Waals surface area contributed by atoms with Gasteiger partial charge in [0.15, 0.2) is 0 Å². The Morgan fingerprint density at radius 2 is 2.21 bits per heavy atom. The van der Waals surface area contributed by atoms with Crippen LogP contribution < -0.4 is 0 Å². The second kappa shape index (κ2) is 5.94. The third kappa shape index (κ3) is 3.41. The molecule has 1 aliphatic heterocycles. The van der Waals surface area contributed by atoms with Gasteiger partial charge in [0.05, 0.1) is 6.10 Å². The molecule has 0 saturated carbocycles. The highest BCUT2D eigenvalue weighted by molar-refractivity contribution is 6.18. The summed E-state index contributed by atoms with van der Waals surface area (Å²) >= 11 is 5.59. The summed E-state index contributed by atoms with van der Waals surface area (Å²) in [7, 11) is 0. The van der Waals surface area contributed by atoms with Gasteiger partial charge in [-0.05, 0) is 18.3 Å². The average Bonchev–Trinajstić information content (AvgIpc) is 2.47. The van der Waals surface area contributed by atoms with E-state index in [2.05, 4.69) is 18.7 Å². The molecule has 3 atom stereocenters. The minimum Gasteiger partial charge on any atom is -0.391 e. The molecular weight excluding hydrogens is 198 g/mol. The summed E-state index contributed by atoms with van der Waals surface area (Å²) in [5, 5.41) is 9.45. The van der Waals surface area contributed by atoms with Crippen molar-refractivity contribution in [2.45, 2.75) is 32.8 Å². The summed E-state index contributed by atoms with van der Waals surface area (Å²) in [6.45, 7) is 7.56. The number of likely N-dealkylation sites (tertiary alicyclic amines) is 1. The van der Waals surface area contributed by atoms with Gasteiger partial charge in [0.1, 0.15) is 0 Å². The number of rotatable bonds is 5. The molecular formula is C11H22ClNO. The molecule has 1 heterocycles. The van der Waals surface area contributed by atoms with Crippen molar-refractivity contribution in [3.05, 3.63) is 0 Å². The van der Waals surface area contributed by atoms with E-state index in [9.17, 15) is 5.11 Å². The molecule has 0 aromatic carbocycles. The predicted octanol–water partition coefficient (Wildman–Crippen LogP) is 1.95. The topological polar surface area (TPSA) is 23.5 Å². The Bertz CT molecular complexity index is 165. The zero-order valence-corrected chi connectivity index (χ0v) is 10.0. The van der Waals surface area contributed by atoms with Gasteiger partial charge >= 0.3 is 0 Å². The lowest BCUT2D eigenvalue weighted by molar-refractivity contribution is 0.140. The SMILES string of the molecule is CCCC1CN(CC(O)CCl)CC1C. The molecule has 0 aliphatic carbocycles. The minimum atomic E-state index is -0.357. The van der Waals surface area contributed by atoms with E-state index in [1.807, 2.05) is 0 Å². The van der Waals surface area contributed by atoms with Crippen molar-refractivity contribution >= 4 is 11.6 Å². The number of β-amino-alcohol motifs (C(OH)–C–C–N with tert-alkyl or cyclic N) is 1. The first kappa shape index (κ1) is 12.3. The molecule has 3 unspecified atom stereocenters. The Balaban J connectivity index is 2.31. The van der Waals surface area contributed by atoms with Crippen LogP contribution in [0.25, 0.3) is 0 Å². The van der Waals surface area contributed by atoms with Crippen LogP contribution >= 0.6 is 11.6 Å². The van der Waals surface area contributed by atoms with Crippen molar-refractivity contribution in [1.29, 1.82) is 0 Å². The van der Waals surface area contributed by atoms with Crippen LogP contribution in [0.15, 0.2) is 0 Å². The number of alkyl halides is 1. The van der Waals surface area contributed by atoms with Crippen LogP contribution in [0.3, 0.4) is 0 Å². The number of hydrogen-bond donors (Lipinski definition) is 1. The van der Waals surface area contributed by atoms with Crippen molar-refractivity contribution in [2.75, 3.05) is 25.5 Å². The molecule has 1 N–H and O–H groups in total. The lowest BCUT2D eigenvalue weighted by Crippen LogP contribution is -2.31. The predicted molar refractivity (Wildman–Crippen MR) is 60.7 cm³/mol. The average molecular weight is 220 g/mol. The van der Waals surface area contributed by atoms with Crippen molar-refractivity contribution < 1.29 is 5.11 Å². The highest BCUT2D eigenvalue weighted by Gasteiger charge is 2.29. The van der Waals surface area contributed by atoms with Gasteiger partial charge in [-0.2, -0.15) is 0 Å². The molecule has 0 bridgehead atoms. The minimum absolute atomic E-state index is 0.351. The van der Waals surface area contributed by atoms with Gasteiger partial charge in [0, 0.05) is 25.5 Å². The molecule has 2 nitrogen and oxygen atoms in total. The highest BCUT2D eigenvalue weighted by Crippen LogP contribution is 2.26. The molecule has 1 rings (SSSR count). The van der Waals surface area contributed by atoms with Gasteiger partial charge in [-0.15, -0.1) is 11.6 Å². The summed E-state index contributed by atoms with van der Waals surface area (Å²) in [4.78, 5) is 2.35. The Labute approximate surface area is 92.2 Å². The van der Waals surface area contributed by atoms with E-state index in [1.54, 1.807) is 0 Å². The fourth-order valence-corrected chi connectivity index (χ4v) is 2.48. The van der Waals surface area contributed by atoms with Crippen molar-refractivity contribution in [2.24, 2.45) is 11.8 Å². The Kier molecular flexibility index (Phi) is 5.21. The summed E-state index contributed by atoms with van der Waals surface area (Å²) in [6.07, 6.45) is 2.22. The maximum Gasteiger partial charge on any atom is 0.0802 e. The zero-order valence-electron chi connectivity index (χ0n) is 9.25. The van der Waals surface area contributed by atoms with Crippen molar-refractivity contribution in [3.8, 4) is 0 Å². The molecule has 0 spiro atoms. The number of halogens is 1. The molecule has 1 fully saturated rings. The van der Waals surface area contributed by atoms with Crippen LogP contribution in [-0.2, 0) is 0 Å². The van der Waals surface area contributed by atoms with Crippen molar-refractivity contribution in [1.82, 2.24) is 4.90 Å². The lowest BCUT2D eigenvalue weighted by atomic mass is 9.94. The van der Waals surface area contributed by atoms with Gasteiger partial charge in [-0.1, -0.05) is 20.3 Å². The van der Waals surface area contributed by atoms with Gasteiger partial charge in [0.25, 0.3) is 0 Å². The zero-order chi connectivity index (χ0) is 10.6. The molecule has 0 aromatic rings. The van der Waals surface area contributed by atoms with Crippen molar-refractivity contribution in [3.63, 3.8) is 0 Å². The number of aliphatic hydroxyl groups is 1. The lowest BCUT2D eigenvalue weighted by Gasteiger charge is -2.18. The maximum atomic E-state index is 9.45. The fraction of sp³-hybridized carbons (Fsp3) is 1.00. The van der Waals surface area contributed by atoms with Crippen LogP contribution in [-0.4, -0.2) is 41.6 Å². The Hall–Kier alpha value is 0.210. The monoisotopic (exact) mass is 219 g/mol. The summed E-state index contributed by atoms with van der Waals surface area (Å²) in [6, 6.07) is 0. The van der Waals surface area contributed by atoms with Crippen LogP contribution in [0.5, 0.6) is 0 Å². The molecule has 0 radical (unpaired) electrons. The first-order valence-electron chi connectivity index (χ1n) is 5.63. The summed E-state index contributed by atoms with van der Waals surface area (Å²) in [5.74, 6) is 1.95. The normalized spacial score (nSPS) is 30.9. The second-order valence-electron chi connectivity index (χ2n) is 4.55. The first-order chi connectivity index (χ1) is 6.67. The molecule has 84 valence electrons. The van der Waals surface area contributed by atoms with Gasteiger partial charge in [-0.25, -0.2) is 0 Å². The standard InChI is InChI=1S/C11H22ClNO/c1-3-4-10-7-13(6-9(10)2)8-11(14)5-12/h9-11,14H,3-8H2,1-2H3. The maximum absolute atomic E-state index is 9.45. The summed E-state index contributed by atoms with van der Waals surface area (Å²) < 4.78 is 0. The quantitative estimate of drug-likeness (QED) is 0.715.